The molecule has 0 aliphatic heterocycles. The Labute approximate surface area is 121 Å². The van der Waals surface area contributed by atoms with Gasteiger partial charge in [-0.2, -0.15) is 5.10 Å². The molecule has 0 bridgehead atoms. The molecule has 1 N–H and O–H groups in total. The Kier molecular flexibility index (Phi) is 4.78. The highest BCUT2D eigenvalue weighted by Crippen LogP contribution is 2.21. The molecule has 0 aliphatic rings. The summed E-state index contributed by atoms with van der Waals surface area (Å²) in [5, 5.41) is 9.36. The number of methoxy groups -OCH3 is 1. The second kappa shape index (κ2) is 6.37. The van der Waals surface area contributed by atoms with E-state index in [0.29, 0.717) is 0 Å². The number of nitrogens with zero attached hydrogens (tertiary/aromatic N) is 2. The van der Waals surface area contributed by atoms with E-state index < -0.39 is 0 Å². The smallest absolute Gasteiger partial charge is 0.0841 e. The number of benzene rings is 1. The number of aryl methyl sites for hydroxylation is 1. The lowest BCUT2D eigenvalue weighted by Gasteiger charge is -2.22. The van der Waals surface area contributed by atoms with Crippen LogP contribution in [0.3, 0.4) is 0 Å². The van der Waals surface area contributed by atoms with E-state index in [9.17, 15) is 0 Å². The summed E-state index contributed by atoms with van der Waals surface area (Å²) in [5.41, 5.74) is 2.21. The molecule has 0 atom stereocenters. The van der Waals surface area contributed by atoms with Crippen LogP contribution in [0.2, 0.25) is 0 Å². The van der Waals surface area contributed by atoms with Crippen LogP contribution in [0, 0.1) is 0 Å². The van der Waals surface area contributed by atoms with Crippen LogP contribution >= 0.6 is 0 Å². The monoisotopic (exact) mass is 275 g/mol. The van der Waals surface area contributed by atoms with Gasteiger partial charge in [-0.1, -0.05) is 25.1 Å². The van der Waals surface area contributed by atoms with Crippen molar-refractivity contribution in [2.24, 2.45) is 0 Å². The van der Waals surface area contributed by atoms with Crippen molar-refractivity contribution in [3.63, 3.8) is 0 Å². The van der Waals surface area contributed by atoms with Gasteiger partial charge in [0.15, 0.2) is 0 Å². The lowest BCUT2D eigenvalue weighted by molar-refractivity contribution is 0.0115. The van der Waals surface area contributed by atoms with Crippen LogP contribution in [0.15, 0.2) is 24.3 Å². The first-order valence-electron chi connectivity index (χ1n) is 7.27. The maximum Gasteiger partial charge on any atom is 0.0841 e. The molecule has 0 spiro atoms. The normalized spacial score (nSPS) is 12.2. The van der Waals surface area contributed by atoms with Gasteiger partial charge in [0.25, 0.3) is 0 Å². The number of fused-ring (bicyclic) bond motifs is 1. The highest BCUT2D eigenvalue weighted by Gasteiger charge is 2.17. The summed E-state index contributed by atoms with van der Waals surface area (Å²) in [6, 6.07) is 8.42. The number of ether oxygens (including phenoxy) is 1. The van der Waals surface area contributed by atoms with Gasteiger partial charge in [0.2, 0.25) is 0 Å². The van der Waals surface area contributed by atoms with E-state index in [0.717, 1.165) is 31.7 Å². The van der Waals surface area contributed by atoms with Crippen molar-refractivity contribution in [2.75, 3.05) is 13.7 Å². The van der Waals surface area contributed by atoms with E-state index in [-0.39, 0.29) is 5.60 Å². The van der Waals surface area contributed by atoms with Crippen LogP contribution in [0.5, 0.6) is 0 Å². The van der Waals surface area contributed by atoms with Crippen molar-refractivity contribution in [3.8, 4) is 0 Å². The summed E-state index contributed by atoms with van der Waals surface area (Å²) in [6.45, 7) is 8.97. The number of hydrogen-bond donors (Lipinski definition) is 1. The van der Waals surface area contributed by atoms with Crippen LogP contribution in [0.4, 0.5) is 0 Å². The van der Waals surface area contributed by atoms with Gasteiger partial charge < -0.3 is 10.1 Å². The second-order valence-corrected chi connectivity index (χ2v) is 5.68. The van der Waals surface area contributed by atoms with Crippen LogP contribution in [-0.4, -0.2) is 29.0 Å². The SMILES string of the molecule is CCNCc1nn(CCC(C)(C)OC)c2ccccc12. The van der Waals surface area contributed by atoms with Gasteiger partial charge in [-0.3, -0.25) is 4.68 Å². The van der Waals surface area contributed by atoms with E-state index in [4.69, 9.17) is 9.84 Å². The molecule has 0 unspecified atom stereocenters. The van der Waals surface area contributed by atoms with Crippen molar-refractivity contribution in [3.05, 3.63) is 30.0 Å². The highest BCUT2D eigenvalue weighted by atomic mass is 16.5. The van der Waals surface area contributed by atoms with Gasteiger partial charge in [0.05, 0.1) is 16.8 Å². The molecule has 110 valence electrons. The topological polar surface area (TPSA) is 39.1 Å². The Morgan fingerprint density at radius 3 is 2.75 bits per heavy atom. The molecule has 0 amide bonds. The summed E-state index contributed by atoms with van der Waals surface area (Å²) in [4.78, 5) is 0. The number of hydrogen-bond acceptors (Lipinski definition) is 3. The molecule has 0 saturated carbocycles. The first-order valence-corrected chi connectivity index (χ1v) is 7.27. The van der Waals surface area contributed by atoms with Gasteiger partial charge in [0.1, 0.15) is 0 Å². The Bertz CT molecular complexity index is 560. The minimum absolute atomic E-state index is 0.116. The molecule has 1 heterocycles. The fraction of sp³-hybridized carbons (Fsp3) is 0.562. The van der Waals surface area contributed by atoms with E-state index in [1.54, 1.807) is 7.11 Å². The summed E-state index contributed by atoms with van der Waals surface area (Å²) in [7, 11) is 1.76. The molecule has 0 saturated heterocycles. The predicted octanol–water partition coefficient (Wildman–Crippen LogP) is 2.96. The van der Waals surface area contributed by atoms with Crippen molar-refractivity contribution in [2.45, 2.75) is 45.9 Å². The molecular formula is C16H25N3O. The molecule has 4 nitrogen and oxygen atoms in total. The highest BCUT2D eigenvalue weighted by molar-refractivity contribution is 5.81. The zero-order valence-electron chi connectivity index (χ0n) is 12.9. The maximum absolute atomic E-state index is 5.49. The third-order valence-corrected chi connectivity index (χ3v) is 3.76. The Morgan fingerprint density at radius 1 is 1.30 bits per heavy atom. The minimum Gasteiger partial charge on any atom is -0.379 e. The number of aromatic nitrogens is 2. The molecule has 2 rings (SSSR count). The molecule has 0 fully saturated rings. The summed E-state index contributed by atoms with van der Waals surface area (Å²) < 4.78 is 7.59. The van der Waals surface area contributed by atoms with Crippen molar-refractivity contribution >= 4 is 10.9 Å². The maximum atomic E-state index is 5.49. The number of rotatable bonds is 7. The standard InChI is InChI=1S/C16H25N3O/c1-5-17-12-14-13-8-6-7-9-15(13)19(18-14)11-10-16(2,3)20-4/h6-9,17H,5,10-12H2,1-4H3. The fourth-order valence-corrected chi connectivity index (χ4v) is 2.22. The molecule has 4 heteroatoms. The van der Waals surface area contributed by atoms with E-state index in [2.05, 4.69) is 55.0 Å². The quantitative estimate of drug-likeness (QED) is 0.844. The third-order valence-electron chi connectivity index (χ3n) is 3.76. The second-order valence-electron chi connectivity index (χ2n) is 5.68. The summed E-state index contributed by atoms with van der Waals surface area (Å²) in [5.74, 6) is 0. The average Bonchev–Trinajstić information content (AvgIpc) is 2.81. The summed E-state index contributed by atoms with van der Waals surface area (Å²) in [6.07, 6.45) is 0.940. The largest absolute Gasteiger partial charge is 0.379 e. The fourth-order valence-electron chi connectivity index (χ4n) is 2.22. The average molecular weight is 275 g/mol. The molecule has 2 aromatic rings. The molecule has 0 aliphatic carbocycles. The lowest BCUT2D eigenvalue weighted by atomic mass is 10.1. The third kappa shape index (κ3) is 3.38. The Balaban J connectivity index is 2.24. The Morgan fingerprint density at radius 2 is 2.05 bits per heavy atom. The van der Waals surface area contributed by atoms with Gasteiger partial charge in [-0.05, 0) is 32.9 Å². The van der Waals surface area contributed by atoms with E-state index in [1.165, 1.54) is 10.9 Å². The van der Waals surface area contributed by atoms with Crippen molar-refractivity contribution < 1.29 is 4.74 Å². The lowest BCUT2D eigenvalue weighted by Crippen LogP contribution is -2.24. The molecule has 1 aromatic heterocycles. The van der Waals surface area contributed by atoms with Crippen LogP contribution in [-0.2, 0) is 17.8 Å². The first-order chi connectivity index (χ1) is 9.57. The number of para-hydroxylation sites is 1. The predicted molar refractivity (Wildman–Crippen MR) is 82.8 cm³/mol. The van der Waals surface area contributed by atoms with Crippen molar-refractivity contribution in [1.82, 2.24) is 15.1 Å². The van der Waals surface area contributed by atoms with Crippen LogP contribution in [0.25, 0.3) is 10.9 Å². The van der Waals surface area contributed by atoms with Gasteiger partial charge >= 0.3 is 0 Å². The van der Waals surface area contributed by atoms with Crippen LogP contribution in [0.1, 0.15) is 32.9 Å². The molecule has 0 radical (unpaired) electrons. The molecule has 1 aromatic carbocycles. The zero-order valence-corrected chi connectivity index (χ0v) is 12.9. The van der Waals surface area contributed by atoms with E-state index >= 15 is 0 Å². The van der Waals surface area contributed by atoms with Crippen molar-refractivity contribution in [1.29, 1.82) is 0 Å². The van der Waals surface area contributed by atoms with Gasteiger partial charge in [0, 0.05) is 25.6 Å². The van der Waals surface area contributed by atoms with Crippen LogP contribution < -0.4 is 5.32 Å². The van der Waals surface area contributed by atoms with Gasteiger partial charge in [-0.15, -0.1) is 0 Å². The van der Waals surface area contributed by atoms with E-state index in [1.807, 2.05) is 0 Å². The molecule has 20 heavy (non-hydrogen) atoms. The van der Waals surface area contributed by atoms with Gasteiger partial charge in [-0.25, -0.2) is 0 Å². The molecular weight excluding hydrogens is 250 g/mol. The summed E-state index contributed by atoms with van der Waals surface area (Å²) >= 11 is 0. The Hall–Kier alpha value is -1.39. The minimum atomic E-state index is -0.116. The number of nitrogens with one attached hydrogen (secondary N) is 1. The zero-order chi connectivity index (χ0) is 14.6. The first kappa shape index (κ1) is 15.0.